The summed E-state index contributed by atoms with van der Waals surface area (Å²) >= 11 is 9.81. The normalized spacial score (nSPS) is 10.2. The zero-order valence-corrected chi connectivity index (χ0v) is 16.1. The van der Waals surface area contributed by atoms with E-state index >= 15 is 0 Å². The number of rotatable bonds is 5. The van der Waals surface area contributed by atoms with E-state index in [1.54, 1.807) is 18.2 Å². The van der Waals surface area contributed by atoms with E-state index < -0.39 is 11.9 Å². The molecule has 0 unspecified atom stereocenters. The molecule has 23 heavy (non-hydrogen) atoms. The summed E-state index contributed by atoms with van der Waals surface area (Å²) in [4.78, 5) is 22.7. The predicted octanol–water partition coefficient (Wildman–Crippen LogP) is 4.66. The molecule has 0 bridgehead atoms. The second-order valence-electron chi connectivity index (χ2n) is 4.29. The molecular formula is C15H9Br3O5. The van der Waals surface area contributed by atoms with Gasteiger partial charge < -0.3 is 14.6 Å². The average Bonchev–Trinajstić information content (AvgIpc) is 2.48. The number of ether oxygens (including phenoxy) is 2. The highest BCUT2D eigenvalue weighted by Gasteiger charge is 2.12. The highest BCUT2D eigenvalue weighted by molar-refractivity contribution is 9.11. The van der Waals surface area contributed by atoms with Gasteiger partial charge in [-0.3, -0.25) is 0 Å². The molecule has 0 saturated heterocycles. The van der Waals surface area contributed by atoms with Crippen LogP contribution in [0.2, 0.25) is 0 Å². The molecule has 8 heteroatoms. The fourth-order valence-electron chi connectivity index (χ4n) is 1.60. The SMILES string of the molecule is O=C(COc1ccc(Br)cc1Br)Oc1ccc(C(=O)O)cc1Br. The Kier molecular flexibility index (Phi) is 6.20. The molecule has 2 aromatic carbocycles. The van der Waals surface area contributed by atoms with E-state index in [0.29, 0.717) is 14.7 Å². The first-order valence-electron chi connectivity index (χ1n) is 6.18. The predicted molar refractivity (Wildman–Crippen MR) is 94.1 cm³/mol. The molecule has 0 aliphatic rings. The van der Waals surface area contributed by atoms with Gasteiger partial charge in [-0.15, -0.1) is 0 Å². The number of carbonyl (C=O) groups is 2. The summed E-state index contributed by atoms with van der Waals surface area (Å²) < 4.78 is 12.5. The van der Waals surface area contributed by atoms with Crippen molar-refractivity contribution in [3.05, 3.63) is 55.4 Å². The van der Waals surface area contributed by atoms with E-state index in [2.05, 4.69) is 47.8 Å². The van der Waals surface area contributed by atoms with Crippen molar-refractivity contribution in [1.82, 2.24) is 0 Å². The van der Waals surface area contributed by atoms with Crippen molar-refractivity contribution in [1.29, 1.82) is 0 Å². The van der Waals surface area contributed by atoms with Gasteiger partial charge in [0.1, 0.15) is 11.5 Å². The van der Waals surface area contributed by atoms with Gasteiger partial charge in [0.05, 0.1) is 14.5 Å². The second-order valence-corrected chi connectivity index (χ2v) is 6.91. The molecule has 0 radical (unpaired) electrons. The van der Waals surface area contributed by atoms with E-state index in [1.165, 1.54) is 18.2 Å². The summed E-state index contributed by atoms with van der Waals surface area (Å²) in [5.41, 5.74) is 0.0896. The molecule has 5 nitrogen and oxygen atoms in total. The topological polar surface area (TPSA) is 72.8 Å². The van der Waals surface area contributed by atoms with Gasteiger partial charge in [-0.2, -0.15) is 0 Å². The molecule has 0 amide bonds. The Morgan fingerprint density at radius 1 is 0.957 bits per heavy atom. The summed E-state index contributed by atoms with van der Waals surface area (Å²) in [6.45, 7) is -0.284. The van der Waals surface area contributed by atoms with Crippen LogP contribution >= 0.6 is 47.8 Å². The van der Waals surface area contributed by atoms with E-state index in [-0.39, 0.29) is 17.9 Å². The molecule has 2 rings (SSSR count). The summed E-state index contributed by atoms with van der Waals surface area (Å²) in [6.07, 6.45) is 0. The fraction of sp³-hybridized carbons (Fsp3) is 0.0667. The number of esters is 1. The largest absolute Gasteiger partial charge is 0.481 e. The minimum absolute atomic E-state index is 0.0896. The van der Waals surface area contributed by atoms with Crippen LogP contribution in [0.5, 0.6) is 11.5 Å². The second kappa shape index (κ2) is 7.94. The lowest BCUT2D eigenvalue weighted by molar-refractivity contribution is -0.136. The summed E-state index contributed by atoms with van der Waals surface area (Å²) in [7, 11) is 0. The van der Waals surface area contributed by atoms with Crippen LogP contribution in [0.3, 0.4) is 0 Å². The van der Waals surface area contributed by atoms with Gasteiger partial charge in [0.15, 0.2) is 6.61 Å². The standard InChI is InChI=1S/C15H9Br3O5/c16-9-2-4-12(11(18)6-9)22-7-14(19)23-13-3-1-8(15(20)21)5-10(13)17/h1-6H,7H2,(H,20,21). The fourth-order valence-corrected chi connectivity index (χ4v) is 3.22. The quantitative estimate of drug-likeness (QED) is 0.470. The molecule has 2 aromatic rings. The number of benzene rings is 2. The summed E-state index contributed by atoms with van der Waals surface area (Å²) in [5, 5.41) is 8.88. The van der Waals surface area contributed by atoms with Crippen molar-refractivity contribution in [3.63, 3.8) is 0 Å². The third-order valence-electron chi connectivity index (χ3n) is 2.64. The number of hydrogen-bond acceptors (Lipinski definition) is 4. The smallest absolute Gasteiger partial charge is 0.349 e. The van der Waals surface area contributed by atoms with Crippen LogP contribution in [-0.2, 0) is 4.79 Å². The monoisotopic (exact) mass is 506 g/mol. The number of aromatic carboxylic acids is 1. The van der Waals surface area contributed by atoms with Crippen LogP contribution in [0.1, 0.15) is 10.4 Å². The van der Waals surface area contributed by atoms with Crippen LogP contribution < -0.4 is 9.47 Å². The van der Waals surface area contributed by atoms with Crippen molar-refractivity contribution in [2.75, 3.05) is 6.61 Å². The molecule has 0 heterocycles. The van der Waals surface area contributed by atoms with Crippen LogP contribution in [0.15, 0.2) is 49.8 Å². The molecule has 0 saturated carbocycles. The maximum atomic E-state index is 11.8. The maximum absolute atomic E-state index is 11.8. The highest BCUT2D eigenvalue weighted by Crippen LogP contribution is 2.29. The minimum atomic E-state index is -1.06. The number of hydrogen-bond donors (Lipinski definition) is 1. The third kappa shape index (κ3) is 5.05. The number of carboxylic acids is 1. The lowest BCUT2D eigenvalue weighted by atomic mass is 10.2. The molecule has 0 aliphatic carbocycles. The zero-order chi connectivity index (χ0) is 17.0. The molecule has 120 valence electrons. The van der Waals surface area contributed by atoms with Gasteiger partial charge in [-0.25, -0.2) is 9.59 Å². The van der Waals surface area contributed by atoms with Crippen molar-refractivity contribution in [3.8, 4) is 11.5 Å². The Balaban J connectivity index is 1.98. The van der Waals surface area contributed by atoms with E-state index in [4.69, 9.17) is 14.6 Å². The Morgan fingerprint density at radius 3 is 2.22 bits per heavy atom. The van der Waals surface area contributed by atoms with Crippen molar-refractivity contribution >= 4 is 59.7 Å². The first kappa shape index (κ1) is 18.0. The van der Waals surface area contributed by atoms with Crippen LogP contribution in [0, 0.1) is 0 Å². The van der Waals surface area contributed by atoms with Gasteiger partial charge >= 0.3 is 11.9 Å². The summed E-state index contributed by atoms with van der Waals surface area (Å²) in [6, 6.07) is 9.40. The molecule has 0 atom stereocenters. The number of halogens is 3. The maximum Gasteiger partial charge on any atom is 0.349 e. The van der Waals surface area contributed by atoms with Gasteiger partial charge in [0.2, 0.25) is 0 Å². The van der Waals surface area contributed by atoms with E-state index in [9.17, 15) is 9.59 Å². The summed E-state index contributed by atoms with van der Waals surface area (Å²) in [5.74, 6) is -0.945. The number of carboxylic acid groups (broad SMARTS) is 1. The first-order valence-corrected chi connectivity index (χ1v) is 8.56. The third-order valence-corrected chi connectivity index (χ3v) is 4.37. The number of carbonyl (C=O) groups excluding carboxylic acids is 1. The minimum Gasteiger partial charge on any atom is -0.481 e. The molecule has 0 aromatic heterocycles. The van der Waals surface area contributed by atoms with Gasteiger partial charge in [0.25, 0.3) is 0 Å². The van der Waals surface area contributed by atoms with Crippen LogP contribution in [0.25, 0.3) is 0 Å². The van der Waals surface area contributed by atoms with Crippen LogP contribution in [0.4, 0.5) is 0 Å². The lowest BCUT2D eigenvalue weighted by Crippen LogP contribution is -2.18. The van der Waals surface area contributed by atoms with Gasteiger partial charge in [-0.05, 0) is 68.3 Å². The molecule has 0 spiro atoms. The average molecular weight is 509 g/mol. The van der Waals surface area contributed by atoms with E-state index in [0.717, 1.165) is 4.47 Å². The highest BCUT2D eigenvalue weighted by atomic mass is 79.9. The lowest BCUT2D eigenvalue weighted by Gasteiger charge is -2.09. The zero-order valence-electron chi connectivity index (χ0n) is 11.4. The Hall–Kier alpha value is -1.38. The molecule has 0 aliphatic heterocycles. The van der Waals surface area contributed by atoms with Crippen molar-refractivity contribution < 1.29 is 24.2 Å². The first-order chi connectivity index (χ1) is 10.9. The van der Waals surface area contributed by atoms with Crippen LogP contribution in [-0.4, -0.2) is 23.7 Å². The molecule has 1 N–H and O–H groups in total. The molecular weight excluding hydrogens is 500 g/mol. The molecule has 0 fully saturated rings. The Morgan fingerprint density at radius 2 is 1.61 bits per heavy atom. The Bertz CT molecular complexity index is 761. The van der Waals surface area contributed by atoms with Gasteiger partial charge in [0, 0.05) is 4.47 Å². The Labute approximate surface area is 157 Å². The van der Waals surface area contributed by atoms with Gasteiger partial charge in [-0.1, -0.05) is 15.9 Å². The van der Waals surface area contributed by atoms with E-state index in [1.807, 2.05) is 0 Å². The van der Waals surface area contributed by atoms with Crippen molar-refractivity contribution in [2.45, 2.75) is 0 Å². The van der Waals surface area contributed by atoms with Crippen molar-refractivity contribution in [2.24, 2.45) is 0 Å².